The molecule has 2 heterocycles. The van der Waals surface area contributed by atoms with Crippen molar-refractivity contribution in [1.82, 2.24) is 9.88 Å². The van der Waals surface area contributed by atoms with E-state index in [0.29, 0.717) is 41.8 Å². The van der Waals surface area contributed by atoms with Crippen LogP contribution in [0.2, 0.25) is 5.02 Å². The number of thiazole rings is 1. The molecule has 2 amide bonds. The molecule has 7 nitrogen and oxygen atoms in total. The first-order chi connectivity index (χ1) is 15.0. The minimum absolute atomic E-state index is 0.00799. The number of benzene rings is 1. The molecule has 2 unspecified atom stereocenters. The number of carbonyl (C=O) groups excluding carboxylic acids is 3. The summed E-state index contributed by atoms with van der Waals surface area (Å²) in [7, 11) is 0. The fourth-order valence-electron chi connectivity index (χ4n) is 4.14. The Kier molecular flexibility index (Phi) is 6.57. The van der Waals surface area contributed by atoms with Gasteiger partial charge in [0.05, 0.1) is 24.1 Å². The number of piperidine rings is 1. The van der Waals surface area contributed by atoms with Crippen LogP contribution in [0.3, 0.4) is 0 Å². The van der Waals surface area contributed by atoms with Gasteiger partial charge in [0, 0.05) is 28.6 Å². The van der Waals surface area contributed by atoms with Gasteiger partial charge in [-0.2, -0.15) is 0 Å². The summed E-state index contributed by atoms with van der Waals surface area (Å²) in [6, 6.07) is 6.63. The molecule has 0 radical (unpaired) electrons. The summed E-state index contributed by atoms with van der Waals surface area (Å²) in [5, 5.41) is 3.88. The van der Waals surface area contributed by atoms with Gasteiger partial charge in [-0.15, -0.1) is 11.3 Å². The van der Waals surface area contributed by atoms with Crippen LogP contribution in [0.5, 0.6) is 0 Å². The van der Waals surface area contributed by atoms with Crippen LogP contribution < -0.4 is 5.32 Å². The normalized spacial score (nSPS) is 20.3. The van der Waals surface area contributed by atoms with Crippen LogP contribution in [0.1, 0.15) is 53.0 Å². The molecule has 1 N–H and O–H groups in total. The molecular weight excluding hydrogens is 438 g/mol. The molecule has 2 aromatic rings. The first-order valence-electron chi connectivity index (χ1n) is 10.5. The number of aromatic nitrogens is 1. The maximum atomic E-state index is 13.2. The largest absolute Gasteiger partial charge is 0.466 e. The summed E-state index contributed by atoms with van der Waals surface area (Å²) in [5.74, 6) is -1.07. The number of amides is 2. The van der Waals surface area contributed by atoms with Crippen molar-refractivity contribution in [3.8, 4) is 0 Å². The van der Waals surface area contributed by atoms with Crippen molar-refractivity contribution in [1.29, 1.82) is 0 Å². The minimum atomic E-state index is -0.326. The minimum Gasteiger partial charge on any atom is -0.466 e. The highest BCUT2D eigenvalue weighted by Crippen LogP contribution is 2.40. The Hall–Kier alpha value is -2.45. The summed E-state index contributed by atoms with van der Waals surface area (Å²) in [4.78, 5) is 45.2. The molecule has 0 bridgehead atoms. The molecule has 1 aliphatic carbocycles. The van der Waals surface area contributed by atoms with Gasteiger partial charge in [-0.05, 0) is 56.9 Å². The van der Waals surface area contributed by atoms with Crippen LogP contribution in [-0.2, 0) is 20.7 Å². The van der Waals surface area contributed by atoms with Crippen LogP contribution in [0.15, 0.2) is 24.3 Å². The average Bonchev–Trinajstić information content (AvgIpc) is 3.34. The highest BCUT2D eigenvalue weighted by Gasteiger charge is 2.38. The number of anilines is 1. The number of halogens is 1. The Labute approximate surface area is 189 Å². The van der Waals surface area contributed by atoms with Crippen molar-refractivity contribution >= 4 is 45.9 Å². The lowest BCUT2D eigenvalue weighted by molar-refractivity contribution is -0.151. The third-order valence-corrected chi connectivity index (χ3v) is 6.99. The second-order valence-electron chi connectivity index (χ2n) is 7.76. The van der Waals surface area contributed by atoms with E-state index in [0.717, 1.165) is 29.8 Å². The number of hydrogen-bond acceptors (Lipinski definition) is 6. The van der Waals surface area contributed by atoms with Crippen LogP contribution in [-0.4, -0.2) is 47.4 Å². The van der Waals surface area contributed by atoms with Gasteiger partial charge >= 0.3 is 5.97 Å². The van der Waals surface area contributed by atoms with Crippen molar-refractivity contribution in [2.75, 3.05) is 25.0 Å². The smallest absolute Gasteiger partial charge is 0.310 e. The Balaban J connectivity index is 1.43. The Morgan fingerprint density at radius 1 is 1.26 bits per heavy atom. The quantitative estimate of drug-likeness (QED) is 0.682. The molecule has 1 aliphatic heterocycles. The van der Waals surface area contributed by atoms with Crippen LogP contribution in [0.4, 0.5) is 5.13 Å². The summed E-state index contributed by atoms with van der Waals surface area (Å²) < 4.78 is 5.14. The maximum Gasteiger partial charge on any atom is 0.310 e. The van der Waals surface area contributed by atoms with Gasteiger partial charge in [0.2, 0.25) is 5.91 Å². The lowest BCUT2D eigenvalue weighted by Crippen LogP contribution is -2.44. The van der Waals surface area contributed by atoms with E-state index < -0.39 is 0 Å². The lowest BCUT2D eigenvalue weighted by Gasteiger charge is -2.33. The van der Waals surface area contributed by atoms with E-state index in [4.69, 9.17) is 16.3 Å². The first kappa shape index (κ1) is 21.8. The molecule has 1 aromatic heterocycles. The molecule has 2 aliphatic rings. The SMILES string of the molecule is CCOC(=O)C1CCCN(C(=O)C2CCc3sc(NC(=O)c4ccc(Cl)cc4)nc32)C1. The lowest BCUT2D eigenvalue weighted by atomic mass is 9.96. The van der Waals surface area contributed by atoms with Crippen LogP contribution >= 0.6 is 22.9 Å². The zero-order valence-corrected chi connectivity index (χ0v) is 18.8. The van der Waals surface area contributed by atoms with Crippen molar-refractivity contribution in [2.24, 2.45) is 5.92 Å². The van der Waals surface area contributed by atoms with Crippen LogP contribution in [0.25, 0.3) is 0 Å². The van der Waals surface area contributed by atoms with Crippen molar-refractivity contribution in [2.45, 2.75) is 38.5 Å². The van der Waals surface area contributed by atoms with Gasteiger partial charge in [-0.25, -0.2) is 4.98 Å². The van der Waals surface area contributed by atoms with E-state index in [-0.39, 0.29) is 29.6 Å². The number of nitrogens with zero attached hydrogens (tertiary/aromatic N) is 2. The molecule has 164 valence electrons. The highest BCUT2D eigenvalue weighted by molar-refractivity contribution is 7.16. The Morgan fingerprint density at radius 2 is 2.03 bits per heavy atom. The molecule has 4 rings (SSSR count). The third-order valence-electron chi connectivity index (χ3n) is 5.70. The summed E-state index contributed by atoms with van der Waals surface area (Å²) in [6.07, 6.45) is 3.00. The summed E-state index contributed by atoms with van der Waals surface area (Å²) >= 11 is 7.29. The average molecular weight is 462 g/mol. The van der Waals surface area contributed by atoms with E-state index in [9.17, 15) is 14.4 Å². The number of carbonyl (C=O) groups is 3. The predicted molar refractivity (Wildman–Crippen MR) is 119 cm³/mol. The standard InChI is InChI=1S/C22H24ClN3O4S/c1-2-30-21(29)14-4-3-11-26(12-14)20(28)16-9-10-17-18(16)24-22(31-17)25-19(27)13-5-7-15(23)8-6-13/h5-8,14,16H,2-4,9-12H2,1H3,(H,24,25,27). The number of likely N-dealkylation sites (tertiary alicyclic amines) is 1. The zero-order valence-electron chi connectivity index (χ0n) is 17.2. The van der Waals surface area contributed by atoms with E-state index >= 15 is 0 Å². The second kappa shape index (κ2) is 9.36. The fourth-order valence-corrected chi connectivity index (χ4v) is 5.30. The van der Waals surface area contributed by atoms with Crippen molar-refractivity contribution in [3.05, 3.63) is 45.4 Å². The van der Waals surface area contributed by atoms with Gasteiger partial charge in [0.25, 0.3) is 5.91 Å². The second-order valence-corrected chi connectivity index (χ2v) is 9.28. The molecule has 1 aromatic carbocycles. The predicted octanol–water partition coefficient (Wildman–Crippen LogP) is 3.88. The van der Waals surface area contributed by atoms with Crippen LogP contribution in [0, 0.1) is 5.92 Å². The van der Waals surface area contributed by atoms with Gasteiger partial charge in [0.15, 0.2) is 5.13 Å². The number of fused-ring (bicyclic) bond motifs is 1. The molecule has 9 heteroatoms. The van der Waals surface area contributed by atoms with Gasteiger partial charge in [-0.1, -0.05) is 11.6 Å². The molecule has 0 saturated carbocycles. The zero-order chi connectivity index (χ0) is 22.0. The number of ether oxygens (including phenoxy) is 1. The van der Waals surface area contributed by atoms with E-state index in [1.54, 1.807) is 36.1 Å². The topological polar surface area (TPSA) is 88.6 Å². The fraction of sp³-hybridized carbons (Fsp3) is 0.455. The van der Waals surface area contributed by atoms with Crippen molar-refractivity contribution in [3.63, 3.8) is 0 Å². The number of aryl methyl sites for hydroxylation is 1. The highest BCUT2D eigenvalue weighted by atomic mass is 35.5. The van der Waals surface area contributed by atoms with Gasteiger partial charge in [-0.3, -0.25) is 19.7 Å². The third kappa shape index (κ3) is 4.75. The molecule has 0 spiro atoms. The van der Waals surface area contributed by atoms with E-state index in [2.05, 4.69) is 10.3 Å². The summed E-state index contributed by atoms with van der Waals surface area (Å²) in [5.41, 5.74) is 1.24. The van der Waals surface area contributed by atoms with E-state index in [1.165, 1.54) is 11.3 Å². The van der Waals surface area contributed by atoms with Gasteiger partial charge in [0.1, 0.15) is 0 Å². The van der Waals surface area contributed by atoms with Gasteiger partial charge < -0.3 is 9.64 Å². The number of esters is 1. The Bertz CT molecular complexity index is 991. The monoisotopic (exact) mass is 461 g/mol. The molecule has 1 fully saturated rings. The molecule has 31 heavy (non-hydrogen) atoms. The number of hydrogen-bond donors (Lipinski definition) is 1. The molecule has 2 atom stereocenters. The number of rotatable bonds is 5. The maximum absolute atomic E-state index is 13.2. The van der Waals surface area contributed by atoms with E-state index in [1.807, 2.05) is 0 Å². The first-order valence-corrected chi connectivity index (χ1v) is 11.7. The molecule has 1 saturated heterocycles. The summed E-state index contributed by atoms with van der Waals surface area (Å²) in [6.45, 7) is 3.17. The Morgan fingerprint density at radius 3 is 2.77 bits per heavy atom. The molecular formula is C22H24ClN3O4S. The van der Waals surface area contributed by atoms with Crippen molar-refractivity contribution < 1.29 is 19.1 Å². The number of nitrogens with one attached hydrogen (secondary N) is 1.